The minimum absolute atomic E-state index is 0.117. The number of methoxy groups -OCH3 is 1. The second kappa shape index (κ2) is 8.17. The van der Waals surface area contributed by atoms with Gasteiger partial charge in [-0.1, -0.05) is 0 Å². The smallest absolute Gasteiger partial charge is 0.173 e. The standard InChI is InChI=1S/C15H31N3O5/c1-7(16)10-5-4-8(17)15(22-10)23-14-9(19)6-11(21-3)13(20)12(14)18-2/h7-15,18-20H,4-6,16-17H2,1-3H3. The van der Waals surface area contributed by atoms with Crippen LogP contribution in [0.3, 0.4) is 0 Å². The van der Waals surface area contributed by atoms with Crippen LogP contribution in [0.2, 0.25) is 0 Å². The number of ether oxygens (including phenoxy) is 3. The van der Waals surface area contributed by atoms with Crippen LogP contribution in [0.15, 0.2) is 0 Å². The summed E-state index contributed by atoms with van der Waals surface area (Å²) in [6.45, 7) is 1.89. The van der Waals surface area contributed by atoms with Gasteiger partial charge in [0, 0.05) is 19.6 Å². The summed E-state index contributed by atoms with van der Waals surface area (Å²) in [4.78, 5) is 0. The summed E-state index contributed by atoms with van der Waals surface area (Å²) in [5.41, 5.74) is 12.0. The van der Waals surface area contributed by atoms with Crippen molar-refractivity contribution in [2.45, 2.75) is 81.1 Å². The molecule has 0 bridgehead atoms. The predicted molar refractivity (Wildman–Crippen MR) is 84.7 cm³/mol. The van der Waals surface area contributed by atoms with Crippen LogP contribution in [0.4, 0.5) is 0 Å². The lowest BCUT2D eigenvalue weighted by molar-refractivity contribution is -0.261. The predicted octanol–water partition coefficient (Wildman–Crippen LogP) is -1.72. The van der Waals surface area contributed by atoms with Gasteiger partial charge in [0.05, 0.1) is 36.5 Å². The molecule has 2 fully saturated rings. The Morgan fingerprint density at radius 2 is 2.00 bits per heavy atom. The molecule has 136 valence electrons. The van der Waals surface area contributed by atoms with Gasteiger partial charge in [-0.05, 0) is 26.8 Å². The van der Waals surface area contributed by atoms with E-state index in [9.17, 15) is 10.2 Å². The monoisotopic (exact) mass is 333 g/mol. The Morgan fingerprint density at radius 1 is 1.30 bits per heavy atom. The van der Waals surface area contributed by atoms with Crippen molar-refractivity contribution in [1.82, 2.24) is 5.32 Å². The average molecular weight is 333 g/mol. The molecule has 0 aromatic carbocycles. The Kier molecular flexibility index (Phi) is 6.76. The fourth-order valence-corrected chi connectivity index (χ4v) is 3.43. The maximum absolute atomic E-state index is 10.4. The minimum atomic E-state index is -0.789. The second-order valence-electron chi connectivity index (χ2n) is 6.63. The van der Waals surface area contributed by atoms with Gasteiger partial charge < -0.3 is 41.2 Å². The highest BCUT2D eigenvalue weighted by Crippen LogP contribution is 2.29. The molecule has 1 saturated carbocycles. The topological polar surface area (TPSA) is 132 Å². The van der Waals surface area contributed by atoms with Crippen LogP contribution in [0.25, 0.3) is 0 Å². The first-order chi connectivity index (χ1) is 10.9. The van der Waals surface area contributed by atoms with E-state index < -0.39 is 36.7 Å². The van der Waals surface area contributed by atoms with Crippen LogP contribution in [0.5, 0.6) is 0 Å². The molecule has 0 aromatic heterocycles. The van der Waals surface area contributed by atoms with Crippen molar-refractivity contribution in [2.24, 2.45) is 11.5 Å². The molecule has 8 nitrogen and oxygen atoms in total. The maximum Gasteiger partial charge on any atom is 0.173 e. The summed E-state index contributed by atoms with van der Waals surface area (Å²) in [6, 6.07) is -0.879. The van der Waals surface area contributed by atoms with Crippen LogP contribution in [-0.4, -0.2) is 79.3 Å². The van der Waals surface area contributed by atoms with Crippen LogP contribution in [0, 0.1) is 0 Å². The molecule has 23 heavy (non-hydrogen) atoms. The Balaban J connectivity index is 2.06. The molecule has 0 spiro atoms. The molecule has 2 rings (SSSR count). The zero-order valence-electron chi connectivity index (χ0n) is 14.1. The lowest BCUT2D eigenvalue weighted by Crippen LogP contribution is -2.64. The lowest BCUT2D eigenvalue weighted by Gasteiger charge is -2.45. The number of likely N-dealkylation sites (N-methyl/N-ethyl adjacent to an activating group) is 1. The van der Waals surface area contributed by atoms with Gasteiger partial charge in [-0.15, -0.1) is 0 Å². The van der Waals surface area contributed by atoms with Crippen molar-refractivity contribution < 1.29 is 24.4 Å². The van der Waals surface area contributed by atoms with E-state index in [1.54, 1.807) is 7.05 Å². The Hall–Kier alpha value is -0.320. The molecule has 1 saturated heterocycles. The summed E-state index contributed by atoms with van der Waals surface area (Å²) >= 11 is 0. The highest BCUT2D eigenvalue weighted by molar-refractivity contribution is 4.99. The third kappa shape index (κ3) is 4.21. The van der Waals surface area contributed by atoms with Crippen LogP contribution < -0.4 is 16.8 Å². The number of rotatable bonds is 5. The minimum Gasteiger partial charge on any atom is -0.390 e. The highest BCUT2D eigenvalue weighted by Gasteiger charge is 2.46. The third-order valence-corrected chi connectivity index (χ3v) is 4.91. The SMILES string of the molecule is CNC1C(O)C(OC)CC(O)C1OC1OC(C(C)N)CCC1N. The number of hydrogen-bond donors (Lipinski definition) is 5. The highest BCUT2D eigenvalue weighted by atomic mass is 16.7. The van der Waals surface area contributed by atoms with E-state index in [0.29, 0.717) is 6.42 Å². The quantitative estimate of drug-likeness (QED) is 0.401. The molecule has 1 heterocycles. The van der Waals surface area contributed by atoms with Gasteiger partial charge in [0.1, 0.15) is 6.10 Å². The molecule has 0 amide bonds. The summed E-state index contributed by atoms with van der Waals surface area (Å²) in [5, 5.41) is 23.8. The first-order valence-corrected chi connectivity index (χ1v) is 8.27. The second-order valence-corrected chi connectivity index (χ2v) is 6.63. The lowest BCUT2D eigenvalue weighted by atomic mass is 9.85. The molecular weight excluding hydrogens is 302 g/mol. The summed E-state index contributed by atoms with van der Waals surface area (Å²) in [5.74, 6) is 0. The van der Waals surface area contributed by atoms with Gasteiger partial charge >= 0.3 is 0 Å². The maximum atomic E-state index is 10.4. The zero-order valence-corrected chi connectivity index (χ0v) is 14.1. The third-order valence-electron chi connectivity index (χ3n) is 4.91. The fraction of sp³-hybridized carbons (Fsp3) is 1.00. The average Bonchev–Trinajstić information content (AvgIpc) is 2.52. The molecule has 9 unspecified atom stereocenters. The van der Waals surface area contributed by atoms with Gasteiger partial charge in [-0.25, -0.2) is 0 Å². The van der Waals surface area contributed by atoms with E-state index in [2.05, 4.69) is 5.32 Å². The molecule has 9 atom stereocenters. The molecule has 0 radical (unpaired) electrons. The molecule has 1 aliphatic carbocycles. The van der Waals surface area contributed by atoms with Crippen molar-refractivity contribution in [3.63, 3.8) is 0 Å². The number of aliphatic hydroxyl groups is 2. The van der Waals surface area contributed by atoms with E-state index in [0.717, 1.165) is 12.8 Å². The van der Waals surface area contributed by atoms with Gasteiger partial charge in [0.25, 0.3) is 0 Å². The van der Waals surface area contributed by atoms with Crippen molar-refractivity contribution in [1.29, 1.82) is 0 Å². The Bertz CT molecular complexity index is 373. The number of nitrogens with two attached hydrogens (primary N) is 2. The van der Waals surface area contributed by atoms with Crippen LogP contribution >= 0.6 is 0 Å². The number of hydrogen-bond acceptors (Lipinski definition) is 8. The van der Waals surface area contributed by atoms with E-state index in [1.807, 2.05) is 6.92 Å². The van der Waals surface area contributed by atoms with E-state index in [1.165, 1.54) is 7.11 Å². The van der Waals surface area contributed by atoms with Crippen LogP contribution in [-0.2, 0) is 14.2 Å². The normalized spacial score (nSPS) is 46.6. The summed E-state index contributed by atoms with van der Waals surface area (Å²) < 4.78 is 17.1. The Morgan fingerprint density at radius 3 is 2.57 bits per heavy atom. The fourth-order valence-electron chi connectivity index (χ4n) is 3.43. The Labute approximate surface area is 137 Å². The van der Waals surface area contributed by atoms with Gasteiger partial charge in [0.15, 0.2) is 6.29 Å². The molecular formula is C15H31N3O5. The number of aliphatic hydroxyl groups excluding tert-OH is 2. The van der Waals surface area contributed by atoms with Gasteiger partial charge in [0.2, 0.25) is 0 Å². The first kappa shape index (κ1) is 19.0. The number of nitrogens with one attached hydrogen (secondary N) is 1. The summed E-state index contributed by atoms with van der Waals surface area (Å²) in [6.07, 6.45) is -1.60. The van der Waals surface area contributed by atoms with Crippen LogP contribution in [0.1, 0.15) is 26.2 Å². The molecule has 2 aliphatic rings. The van der Waals surface area contributed by atoms with Gasteiger partial charge in [-0.2, -0.15) is 0 Å². The molecule has 0 aromatic rings. The van der Waals surface area contributed by atoms with Crippen molar-refractivity contribution >= 4 is 0 Å². The van der Waals surface area contributed by atoms with Crippen molar-refractivity contribution in [3.8, 4) is 0 Å². The van der Waals surface area contributed by atoms with E-state index in [4.69, 9.17) is 25.7 Å². The van der Waals surface area contributed by atoms with E-state index in [-0.39, 0.29) is 18.2 Å². The van der Waals surface area contributed by atoms with E-state index >= 15 is 0 Å². The molecule has 8 heteroatoms. The molecule has 7 N–H and O–H groups in total. The van der Waals surface area contributed by atoms with Gasteiger partial charge in [-0.3, -0.25) is 0 Å². The first-order valence-electron chi connectivity index (χ1n) is 8.27. The van der Waals surface area contributed by atoms with Crippen molar-refractivity contribution in [3.05, 3.63) is 0 Å². The zero-order chi connectivity index (χ0) is 17.1. The van der Waals surface area contributed by atoms with Crippen molar-refractivity contribution in [2.75, 3.05) is 14.2 Å². The summed E-state index contributed by atoms with van der Waals surface area (Å²) in [7, 11) is 3.23. The largest absolute Gasteiger partial charge is 0.390 e. The molecule has 1 aliphatic heterocycles.